The summed E-state index contributed by atoms with van der Waals surface area (Å²) in [5.41, 5.74) is 3.69. The number of hydrogen-bond donors (Lipinski definition) is 2. The van der Waals surface area contributed by atoms with Gasteiger partial charge in [0.25, 0.3) is 0 Å². The summed E-state index contributed by atoms with van der Waals surface area (Å²) in [4.78, 5) is 5.12. The molecule has 1 atom stereocenters. The van der Waals surface area contributed by atoms with E-state index in [0.717, 1.165) is 16.2 Å². The van der Waals surface area contributed by atoms with Crippen LogP contribution in [-0.4, -0.2) is 11.6 Å². The highest BCUT2D eigenvalue weighted by molar-refractivity contribution is 7.10. The van der Waals surface area contributed by atoms with Crippen LogP contribution in [-0.2, 0) is 0 Å². The normalized spacial score (nSPS) is 12.4. The Kier molecular flexibility index (Phi) is 4.54. The summed E-state index contributed by atoms with van der Waals surface area (Å²) in [5.74, 6) is 6.34. The lowest BCUT2D eigenvalue weighted by Gasteiger charge is -2.16. The molecule has 2 aromatic rings. The molecule has 6 heteroatoms. The zero-order valence-corrected chi connectivity index (χ0v) is 11.5. The maximum atomic E-state index is 6.13. The summed E-state index contributed by atoms with van der Waals surface area (Å²) >= 11 is 7.68. The summed E-state index contributed by atoms with van der Waals surface area (Å²) in [6, 6.07) is 3.59. The van der Waals surface area contributed by atoms with E-state index in [4.69, 9.17) is 22.2 Å². The van der Waals surface area contributed by atoms with E-state index in [1.165, 1.54) is 0 Å². The van der Waals surface area contributed by atoms with Crippen LogP contribution in [0.1, 0.15) is 23.4 Å². The van der Waals surface area contributed by atoms with Gasteiger partial charge in [-0.25, -0.2) is 5.43 Å². The first-order valence-electron chi connectivity index (χ1n) is 5.53. The van der Waals surface area contributed by atoms with Gasteiger partial charge in [-0.15, -0.1) is 11.3 Å². The molecule has 1 unspecified atom stereocenters. The SMILES string of the molecule is CCOc1cncc(C(NN)c2sccc2Cl)c1. The first-order valence-corrected chi connectivity index (χ1v) is 6.78. The van der Waals surface area contributed by atoms with Crippen molar-refractivity contribution in [2.75, 3.05) is 6.61 Å². The molecule has 0 fully saturated rings. The molecule has 0 aliphatic heterocycles. The van der Waals surface area contributed by atoms with Crippen LogP contribution >= 0.6 is 22.9 Å². The van der Waals surface area contributed by atoms with Gasteiger partial charge >= 0.3 is 0 Å². The quantitative estimate of drug-likeness (QED) is 0.654. The monoisotopic (exact) mass is 283 g/mol. The van der Waals surface area contributed by atoms with E-state index in [1.807, 2.05) is 24.4 Å². The van der Waals surface area contributed by atoms with Crippen LogP contribution in [0.15, 0.2) is 29.9 Å². The summed E-state index contributed by atoms with van der Waals surface area (Å²) in [6.07, 6.45) is 3.43. The molecule has 0 amide bonds. The Morgan fingerprint density at radius 3 is 3.00 bits per heavy atom. The van der Waals surface area contributed by atoms with Crippen LogP contribution in [0.5, 0.6) is 5.75 Å². The van der Waals surface area contributed by atoms with Gasteiger partial charge in [-0.3, -0.25) is 10.8 Å². The number of thiophene rings is 1. The summed E-state index contributed by atoms with van der Waals surface area (Å²) in [5, 5.41) is 2.63. The molecular formula is C12H14ClN3OS. The van der Waals surface area contributed by atoms with Crippen LogP contribution in [0.25, 0.3) is 0 Å². The lowest BCUT2D eigenvalue weighted by Crippen LogP contribution is -2.28. The van der Waals surface area contributed by atoms with Crippen molar-refractivity contribution in [1.29, 1.82) is 0 Å². The van der Waals surface area contributed by atoms with Crippen LogP contribution in [0.2, 0.25) is 5.02 Å². The number of hydrogen-bond acceptors (Lipinski definition) is 5. The van der Waals surface area contributed by atoms with Crippen molar-refractivity contribution < 1.29 is 4.74 Å². The molecule has 0 aliphatic rings. The number of ether oxygens (including phenoxy) is 1. The summed E-state index contributed by atoms with van der Waals surface area (Å²) in [7, 11) is 0. The molecule has 2 aromatic heterocycles. The Morgan fingerprint density at radius 2 is 2.39 bits per heavy atom. The van der Waals surface area contributed by atoms with Gasteiger partial charge in [0.05, 0.1) is 23.9 Å². The zero-order chi connectivity index (χ0) is 13.0. The van der Waals surface area contributed by atoms with Crippen molar-refractivity contribution >= 4 is 22.9 Å². The third-order valence-corrected chi connectivity index (χ3v) is 3.88. The maximum Gasteiger partial charge on any atom is 0.137 e. The van der Waals surface area contributed by atoms with Crippen molar-refractivity contribution in [1.82, 2.24) is 10.4 Å². The van der Waals surface area contributed by atoms with Crippen LogP contribution in [0.3, 0.4) is 0 Å². The number of nitrogens with zero attached hydrogens (tertiary/aromatic N) is 1. The number of pyridine rings is 1. The third kappa shape index (κ3) is 2.81. The average molecular weight is 284 g/mol. The minimum absolute atomic E-state index is 0.176. The van der Waals surface area contributed by atoms with E-state index in [0.29, 0.717) is 11.6 Å². The van der Waals surface area contributed by atoms with E-state index < -0.39 is 0 Å². The number of halogens is 1. The fraction of sp³-hybridized carbons (Fsp3) is 0.250. The molecule has 4 nitrogen and oxygen atoms in total. The highest BCUT2D eigenvalue weighted by Gasteiger charge is 2.17. The highest BCUT2D eigenvalue weighted by atomic mass is 35.5. The Morgan fingerprint density at radius 1 is 1.56 bits per heavy atom. The third-order valence-electron chi connectivity index (χ3n) is 2.45. The molecule has 2 rings (SSSR count). The van der Waals surface area contributed by atoms with Gasteiger partial charge in [-0.2, -0.15) is 0 Å². The molecule has 0 aliphatic carbocycles. The summed E-state index contributed by atoms with van der Waals surface area (Å²) < 4.78 is 5.43. The van der Waals surface area contributed by atoms with E-state index in [1.54, 1.807) is 23.7 Å². The Labute approximate surface area is 115 Å². The smallest absolute Gasteiger partial charge is 0.137 e. The first-order chi connectivity index (χ1) is 8.76. The molecule has 0 bridgehead atoms. The van der Waals surface area contributed by atoms with Crippen LogP contribution in [0, 0.1) is 0 Å². The molecule has 3 N–H and O–H groups in total. The molecule has 0 saturated heterocycles. The fourth-order valence-electron chi connectivity index (χ4n) is 1.67. The number of nitrogens with two attached hydrogens (primary N) is 1. The fourth-order valence-corrected chi connectivity index (χ4v) is 2.93. The number of aromatic nitrogens is 1. The molecule has 0 aromatic carbocycles. The molecule has 0 spiro atoms. The molecule has 0 radical (unpaired) electrons. The minimum Gasteiger partial charge on any atom is -0.492 e. The summed E-state index contributed by atoms with van der Waals surface area (Å²) in [6.45, 7) is 2.53. The second-order valence-electron chi connectivity index (χ2n) is 3.62. The second kappa shape index (κ2) is 6.15. The Bertz CT molecular complexity index is 518. The van der Waals surface area contributed by atoms with E-state index in [9.17, 15) is 0 Å². The standard InChI is InChI=1S/C12H14ClN3OS/c1-2-17-9-5-8(6-15-7-9)11(16-14)12-10(13)3-4-18-12/h3-7,11,16H,2,14H2,1H3. The predicted octanol–water partition coefficient (Wildman–Crippen LogP) is 2.75. The largest absolute Gasteiger partial charge is 0.492 e. The van der Waals surface area contributed by atoms with Crippen molar-refractivity contribution in [3.8, 4) is 5.75 Å². The molecule has 0 saturated carbocycles. The van der Waals surface area contributed by atoms with E-state index in [-0.39, 0.29) is 6.04 Å². The lowest BCUT2D eigenvalue weighted by atomic mass is 10.1. The molecular weight excluding hydrogens is 270 g/mol. The van der Waals surface area contributed by atoms with Gasteiger partial charge in [0.15, 0.2) is 0 Å². The molecule has 18 heavy (non-hydrogen) atoms. The Balaban J connectivity index is 2.33. The van der Waals surface area contributed by atoms with Gasteiger partial charge in [0, 0.05) is 11.1 Å². The molecule has 96 valence electrons. The molecule has 2 heterocycles. The van der Waals surface area contributed by atoms with Gasteiger partial charge in [-0.1, -0.05) is 11.6 Å². The van der Waals surface area contributed by atoms with Gasteiger partial charge < -0.3 is 4.74 Å². The van der Waals surface area contributed by atoms with Gasteiger partial charge in [0.1, 0.15) is 5.75 Å². The zero-order valence-electron chi connectivity index (χ0n) is 9.89. The Hall–Kier alpha value is -1.14. The van der Waals surface area contributed by atoms with E-state index >= 15 is 0 Å². The first kappa shape index (κ1) is 13.3. The topological polar surface area (TPSA) is 60.2 Å². The lowest BCUT2D eigenvalue weighted by molar-refractivity contribution is 0.338. The van der Waals surface area contributed by atoms with Crippen molar-refractivity contribution in [3.05, 3.63) is 45.4 Å². The van der Waals surface area contributed by atoms with E-state index in [2.05, 4.69) is 10.4 Å². The van der Waals surface area contributed by atoms with Crippen molar-refractivity contribution in [2.45, 2.75) is 13.0 Å². The number of rotatable bonds is 5. The highest BCUT2D eigenvalue weighted by Crippen LogP contribution is 2.33. The van der Waals surface area contributed by atoms with Crippen LogP contribution < -0.4 is 16.0 Å². The van der Waals surface area contributed by atoms with Crippen LogP contribution in [0.4, 0.5) is 0 Å². The minimum atomic E-state index is -0.176. The average Bonchev–Trinajstić information content (AvgIpc) is 2.78. The van der Waals surface area contributed by atoms with Gasteiger partial charge in [-0.05, 0) is 30.0 Å². The predicted molar refractivity (Wildman–Crippen MR) is 73.9 cm³/mol. The number of hydrazine groups is 1. The number of nitrogens with one attached hydrogen (secondary N) is 1. The second-order valence-corrected chi connectivity index (χ2v) is 4.97. The van der Waals surface area contributed by atoms with Crippen molar-refractivity contribution in [2.24, 2.45) is 5.84 Å². The van der Waals surface area contributed by atoms with Crippen molar-refractivity contribution in [3.63, 3.8) is 0 Å². The van der Waals surface area contributed by atoms with Gasteiger partial charge in [0.2, 0.25) is 0 Å². The maximum absolute atomic E-state index is 6.13.